The summed E-state index contributed by atoms with van der Waals surface area (Å²) in [6.45, 7) is 9.36. The van der Waals surface area contributed by atoms with Crippen LogP contribution in [0.1, 0.15) is 59.3 Å². The number of carbonyl (C=O) groups is 2. The zero-order valence-corrected chi connectivity index (χ0v) is 20.3. The molecule has 1 heterocycles. The summed E-state index contributed by atoms with van der Waals surface area (Å²) in [5, 5.41) is 0. The number of ketones is 1. The van der Waals surface area contributed by atoms with Gasteiger partial charge in [-0.25, -0.2) is 17.6 Å². The van der Waals surface area contributed by atoms with Crippen LogP contribution in [-0.2, 0) is 21.3 Å². The number of sulfonamides is 1. The van der Waals surface area contributed by atoms with Crippen molar-refractivity contribution in [1.29, 1.82) is 0 Å². The lowest BCUT2D eigenvalue weighted by atomic mass is 10.1. The summed E-state index contributed by atoms with van der Waals surface area (Å²) in [4.78, 5) is 25.5. The van der Waals surface area contributed by atoms with Crippen LogP contribution in [0.15, 0.2) is 29.2 Å². The Morgan fingerprint density at radius 2 is 1.75 bits per heavy atom. The van der Waals surface area contributed by atoms with Gasteiger partial charge in [-0.15, -0.1) is 0 Å². The van der Waals surface area contributed by atoms with Gasteiger partial charge in [0, 0.05) is 24.3 Å². The van der Waals surface area contributed by atoms with E-state index in [0.29, 0.717) is 29.8 Å². The Hall–Kier alpha value is -2.52. The summed E-state index contributed by atoms with van der Waals surface area (Å²) in [7, 11) is -2.75. The highest BCUT2D eigenvalue weighted by atomic mass is 32.2. The number of rotatable bonds is 10. The van der Waals surface area contributed by atoms with E-state index in [1.165, 1.54) is 19.2 Å². The molecule has 0 fully saturated rings. The highest BCUT2D eigenvalue weighted by Crippen LogP contribution is 2.25. The number of halogens is 1. The van der Waals surface area contributed by atoms with E-state index in [1.807, 2.05) is 20.8 Å². The summed E-state index contributed by atoms with van der Waals surface area (Å²) in [5.74, 6) is -1.29. The van der Waals surface area contributed by atoms with E-state index < -0.39 is 27.6 Å². The van der Waals surface area contributed by atoms with Gasteiger partial charge in [-0.1, -0.05) is 13.8 Å². The predicted molar refractivity (Wildman–Crippen MR) is 120 cm³/mol. The molecule has 0 unspecified atom stereocenters. The summed E-state index contributed by atoms with van der Waals surface area (Å²) in [6, 6.07) is 4.54. The summed E-state index contributed by atoms with van der Waals surface area (Å²) in [5.41, 5.74) is 1.64. The van der Waals surface area contributed by atoms with Gasteiger partial charge < -0.3 is 9.30 Å². The third kappa shape index (κ3) is 5.27. The van der Waals surface area contributed by atoms with Crippen molar-refractivity contribution in [3.63, 3.8) is 0 Å². The first-order valence-electron chi connectivity index (χ1n) is 10.5. The first-order valence-corrected chi connectivity index (χ1v) is 12.0. The van der Waals surface area contributed by atoms with Crippen molar-refractivity contribution in [2.24, 2.45) is 5.92 Å². The van der Waals surface area contributed by atoms with Gasteiger partial charge in [0.2, 0.25) is 10.0 Å². The van der Waals surface area contributed by atoms with Gasteiger partial charge in [-0.2, -0.15) is 4.31 Å². The molecule has 1 aromatic heterocycles. The maximum atomic E-state index is 13.3. The van der Waals surface area contributed by atoms with Crippen LogP contribution in [0.5, 0.6) is 0 Å². The Bertz CT molecular complexity index is 1090. The molecular weight excluding hydrogens is 435 g/mol. The lowest BCUT2D eigenvalue weighted by Crippen LogP contribution is -2.37. The van der Waals surface area contributed by atoms with Gasteiger partial charge >= 0.3 is 5.97 Å². The number of hydrogen-bond donors (Lipinski definition) is 0. The fourth-order valence-electron chi connectivity index (χ4n) is 3.74. The maximum Gasteiger partial charge on any atom is 0.354 e. The zero-order valence-electron chi connectivity index (χ0n) is 19.4. The minimum atomic E-state index is -4.02. The van der Waals surface area contributed by atoms with Crippen LogP contribution < -0.4 is 0 Å². The number of esters is 1. The van der Waals surface area contributed by atoms with Crippen LogP contribution >= 0.6 is 0 Å². The number of nitrogens with zero attached hydrogens (tertiary/aromatic N) is 2. The number of aromatic nitrogens is 1. The van der Waals surface area contributed by atoms with E-state index in [2.05, 4.69) is 0 Å². The van der Waals surface area contributed by atoms with E-state index in [-0.39, 0.29) is 29.6 Å². The molecule has 0 saturated heterocycles. The van der Waals surface area contributed by atoms with Crippen molar-refractivity contribution in [3.05, 3.63) is 52.6 Å². The van der Waals surface area contributed by atoms with Crippen LogP contribution in [0.2, 0.25) is 0 Å². The lowest BCUT2D eigenvalue weighted by Gasteiger charge is -2.23. The molecular formula is C23H31FN2O5S. The molecule has 32 heavy (non-hydrogen) atoms. The van der Waals surface area contributed by atoms with E-state index in [1.54, 1.807) is 18.4 Å². The lowest BCUT2D eigenvalue weighted by molar-refractivity contribution is 0.0587. The summed E-state index contributed by atoms with van der Waals surface area (Å²) >= 11 is 0. The van der Waals surface area contributed by atoms with Crippen LogP contribution in [-0.4, -0.2) is 49.2 Å². The molecule has 1 aromatic carbocycles. The number of carbonyl (C=O) groups excluding carboxylic acids is 2. The van der Waals surface area contributed by atoms with Crippen molar-refractivity contribution in [1.82, 2.24) is 8.87 Å². The third-order valence-corrected chi connectivity index (χ3v) is 7.33. The maximum absolute atomic E-state index is 13.3. The largest absolute Gasteiger partial charge is 0.464 e. The van der Waals surface area contributed by atoms with Gasteiger partial charge in [-0.3, -0.25) is 4.79 Å². The summed E-state index contributed by atoms with van der Waals surface area (Å²) in [6.07, 6.45) is 0.551. The Morgan fingerprint density at radius 1 is 1.16 bits per heavy atom. The molecule has 2 aromatic rings. The van der Waals surface area contributed by atoms with E-state index >= 15 is 0 Å². The standard InChI is InChI=1S/C23H31FN2O5S/c1-7-26-17(5)21(16(4)22(26)23(28)31-6)20(27)14-25(13-12-15(2)3)32(29,30)19-10-8-18(24)9-11-19/h8-11,15H,7,12-14H2,1-6H3. The van der Waals surface area contributed by atoms with E-state index in [4.69, 9.17) is 4.74 Å². The van der Waals surface area contributed by atoms with Crippen LogP contribution in [0, 0.1) is 25.6 Å². The van der Waals surface area contributed by atoms with Crippen molar-refractivity contribution in [2.45, 2.75) is 52.5 Å². The average molecular weight is 467 g/mol. The van der Waals surface area contributed by atoms with Gasteiger partial charge in [0.25, 0.3) is 0 Å². The van der Waals surface area contributed by atoms with Crippen molar-refractivity contribution >= 4 is 21.8 Å². The third-order valence-electron chi connectivity index (χ3n) is 5.47. The van der Waals surface area contributed by atoms with Crippen LogP contribution in [0.25, 0.3) is 0 Å². The van der Waals surface area contributed by atoms with Crippen molar-refractivity contribution < 1.29 is 27.1 Å². The Morgan fingerprint density at radius 3 is 2.25 bits per heavy atom. The normalized spacial score (nSPS) is 11.9. The highest BCUT2D eigenvalue weighted by molar-refractivity contribution is 7.89. The Kier molecular flexibility index (Phi) is 8.36. The number of benzene rings is 1. The molecule has 0 saturated carbocycles. The molecule has 176 valence electrons. The smallest absolute Gasteiger partial charge is 0.354 e. The van der Waals surface area contributed by atoms with Crippen molar-refractivity contribution in [3.8, 4) is 0 Å². The molecule has 9 heteroatoms. The molecule has 0 aliphatic rings. The first-order chi connectivity index (χ1) is 14.9. The molecule has 0 radical (unpaired) electrons. The predicted octanol–water partition coefficient (Wildman–Crippen LogP) is 3.97. The second kappa shape index (κ2) is 10.4. The van der Waals surface area contributed by atoms with Gasteiger partial charge in [0.1, 0.15) is 11.5 Å². The second-order valence-corrected chi connectivity index (χ2v) is 10.0. The fourth-order valence-corrected chi connectivity index (χ4v) is 5.15. The number of hydrogen-bond acceptors (Lipinski definition) is 5. The van der Waals surface area contributed by atoms with Gasteiger partial charge in [-0.05, 0) is 62.9 Å². The molecule has 0 bridgehead atoms. The quantitative estimate of drug-likeness (QED) is 0.391. The number of methoxy groups -OCH3 is 1. The first kappa shape index (κ1) is 25.7. The zero-order chi connectivity index (χ0) is 24.2. The molecule has 0 atom stereocenters. The van der Waals surface area contributed by atoms with E-state index in [9.17, 15) is 22.4 Å². The monoisotopic (exact) mass is 466 g/mol. The molecule has 7 nitrogen and oxygen atoms in total. The molecule has 0 spiro atoms. The number of ether oxygens (including phenoxy) is 1. The van der Waals surface area contributed by atoms with E-state index in [0.717, 1.165) is 16.4 Å². The topological polar surface area (TPSA) is 85.7 Å². The molecule has 2 rings (SSSR count). The van der Waals surface area contributed by atoms with Gasteiger partial charge in [0.05, 0.1) is 18.6 Å². The van der Waals surface area contributed by atoms with Crippen LogP contribution in [0.3, 0.4) is 0 Å². The fraction of sp³-hybridized carbons (Fsp3) is 0.478. The molecule has 0 aliphatic carbocycles. The Balaban J connectivity index is 2.48. The second-order valence-electron chi connectivity index (χ2n) is 8.07. The Labute approximate surface area is 189 Å². The van der Waals surface area contributed by atoms with Crippen LogP contribution in [0.4, 0.5) is 4.39 Å². The molecule has 0 amide bonds. The highest BCUT2D eigenvalue weighted by Gasteiger charge is 2.31. The SMILES string of the molecule is CCn1c(C)c(C(=O)CN(CCC(C)C)S(=O)(=O)c2ccc(F)cc2)c(C)c1C(=O)OC. The molecule has 0 N–H and O–H groups in total. The minimum Gasteiger partial charge on any atom is -0.464 e. The van der Waals surface area contributed by atoms with Crippen molar-refractivity contribution in [2.75, 3.05) is 20.2 Å². The minimum absolute atomic E-state index is 0.0784. The average Bonchev–Trinajstić information content (AvgIpc) is 2.99. The molecule has 0 aliphatic heterocycles. The summed E-state index contributed by atoms with van der Waals surface area (Å²) < 4.78 is 47.5. The van der Waals surface area contributed by atoms with Gasteiger partial charge in [0.15, 0.2) is 5.78 Å². The number of Topliss-reactive ketones (excluding diaryl/α,β-unsaturated/α-hetero) is 1.